The molecule has 2 aromatic carbocycles. The summed E-state index contributed by atoms with van der Waals surface area (Å²) in [4.78, 5) is 15.0. The molecule has 1 aromatic heterocycles. The van der Waals surface area contributed by atoms with Crippen LogP contribution in [0.15, 0.2) is 53.7 Å². The lowest BCUT2D eigenvalue weighted by Crippen LogP contribution is -1.93. The summed E-state index contributed by atoms with van der Waals surface area (Å²) in [6, 6.07) is 14.1. The van der Waals surface area contributed by atoms with Gasteiger partial charge in [0, 0.05) is 22.9 Å². The van der Waals surface area contributed by atoms with Crippen molar-refractivity contribution in [2.24, 2.45) is 0 Å². The molecule has 0 fully saturated rings. The van der Waals surface area contributed by atoms with Crippen molar-refractivity contribution in [2.45, 2.75) is 17.3 Å². The third-order valence-electron chi connectivity index (χ3n) is 3.66. The number of nitro groups is 1. The van der Waals surface area contributed by atoms with E-state index in [1.807, 2.05) is 37.3 Å². The highest BCUT2D eigenvalue weighted by atomic mass is 32.2. The zero-order valence-corrected chi connectivity index (χ0v) is 14.5. The Kier molecular flexibility index (Phi) is 4.99. The Morgan fingerprint density at radius 1 is 1.24 bits per heavy atom. The molecule has 0 aliphatic heterocycles. The molecule has 128 valence electrons. The number of hydrogen-bond donors (Lipinski definition) is 1. The van der Waals surface area contributed by atoms with Gasteiger partial charge in [0.1, 0.15) is 5.75 Å². The van der Waals surface area contributed by atoms with Crippen molar-refractivity contribution in [3.8, 4) is 17.1 Å². The molecule has 25 heavy (non-hydrogen) atoms. The van der Waals surface area contributed by atoms with Gasteiger partial charge in [-0.3, -0.25) is 15.2 Å². The molecular weight excluding hydrogens is 340 g/mol. The molecule has 1 unspecified atom stereocenters. The number of ether oxygens (including phenoxy) is 1. The summed E-state index contributed by atoms with van der Waals surface area (Å²) in [6.07, 6.45) is 0. The van der Waals surface area contributed by atoms with Crippen molar-refractivity contribution < 1.29 is 9.66 Å². The van der Waals surface area contributed by atoms with Gasteiger partial charge in [0.05, 0.1) is 12.0 Å². The number of nitro benzene ring substituents is 1. The molecule has 1 heterocycles. The molecule has 0 saturated carbocycles. The summed E-state index contributed by atoms with van der Waals surface area (Å²) in [7, 11) is 1.62. The minimum absolute atomic E-state index is 0.0144. The number of methoxy groups -OCH3 is 1. The van der Waals surface area contributed by atoms with Gasteiger partial charge in [0.25, 0.3) is 5.69 Å². The average Bonchev–Trinajstić information content (AvgIpc) is 3.10. The quantitative estimate of drug-likeness (QED) is 0.403. The van der Waals surface area contributed by atoms with Gasteiger partial charge in [-0.05, 0) is 36.8 Å². The molecule has 0 aliphatic rings. The van der Waals surface area contributed by atoms with E-state index in [0.29, 0.717) is 11.0 Å². The van der Waals surface area contributed by atoms with Crippen LogP contribution >= 0.6 is 11.8 Å². The number of benzene rings is 2. The second kappa shape index (κ2) is 7.35. The molecule has 1 atom stereocenters. The Labute approximate surface area is 148 Å². The van der Waals surface area contributed by atoms with Crippen LogP contribution in [-0.2, 0) is 0 Å². The van der Waals surface area contributed by atoms with Crippen molar-refractivity contribution in [2.75, 3.05) is 7.11 Å². The largest absolute Gasteiger partial charge is 0.497 e. The van der Waals surface area contributed by atoms with Gasteiger partial charge in [-0.15, -0.1) is 5.10 Å². The van der Waals surface area contributed by atoms with E-state index in [2.05, 4.69) is 15.2 Å². The fourth-order valence-electron chi connectivity index (χ4n) is 2.29. The first-order chi connectivity index (χ1) is 12.1. The average molecular weight is 356 g/mol. The predicted molar refractivity (Wildman–Crippen MR) is 95.7 cm³/mol. The number of non-ortho nitro benzene ring substituents is 1. The summed E-state index contributed by atoms with van der Waals surface area (Å²) in [5.74, 6) is 1.44. The van der Waals surface area contributed by atoms with E-state index in [-0.39, 0.29) is 10.9 Å². The minimum atomic E-state index is -0.393. The Morgan fingerprint density at radius 2 is 2.00 bits per heavy atom. The van der Waals surface area contributed by atoms with Crippen LogP contribution in [0.2, 0.25) is 0 Å². The highest BCUT2D eigenvalue weighted by Gasteiger charge is 2.15. The molecule has 3 aromatic rings. The summed E-state index contributed by atoms with van der Waals surface area (Å²) in [6.45, 7) is 1.97. The van der Waals surface area contributed by atoms with Gasteiger partial charge in [-0.2, -0.15) is 0 Å². The first kappa shape index (κ1) is 17.0. The first-order valence-electron chi connectivity index (χ1n) is 7.54. The van der Waals surface area contributed by atoms with E-state index in [0.717, 1.165) is 16.9 Å². The van der Waals surface area contributed by atoms with Crippen LogP contribution in [0.3, 0.4) is 0 Å². The van der Waals surface area contributed by atoms with E-state index in [1.165, 1.54) is 17.8 Å². The number of rotatable bonds is 6. The van der Waals surface area contributed by atoms with Crippen LogP contribution in [0, 0.1) is 10.1 Å². The molecule has 3 rings (SSSR count). The highest BCUT2D eigenvalue weighted by molar-refractivity contribution is 7.99. The van der Waals surface area contributed by atoms with Crippen LogP contribution in [-0.4, -0.2) is 27.2 Å². The van der Waals surface area contributed by atoms with Crippen LogP contribution < -0.4 is 4.74 Å². The van der Waals surface area contributed by atoms with E-state index < -0.39 is 4.92 Å². The van der Waals surface area contributed by atoms with Gasteiger partial charge in [0.2, 0.25) is 5.16 Å². The Hall–Kier alpha value is -2.87. The van der Waals surface area contributed by atoms with Crippen molar-refractivity contribution >= 4 is 17.4 Å². The number of thioether (sulfide) groups is 1. The zero-order valence-electron chi connectivity index (χ0n) is 13.7. The van der Waals surface area contributed by atoms with E-state index in [9.17, 15) is 10.1 Å². The maximum Gasteiger partial charge on any atom is 0.269 e. The molecule has 0 spiro atoms. The molecule has 0 aliphatic carbocycles. The second-order valence-electron chi connectivity index (χ2n) is 5.31. The van der Waals surface area contributed by atoms with Crippen molar-refractivity contribution in [3.05, 3.63) is 64.2 Å². The maximum atomic E-state index is 10.9. The molecule has 7 nitrogen and oxygen atoms in total. The van der Waals surface area contributed by atoms with E-state index in [1.54, 1.807) is 19.2 Å². The number of H-pyrrole nitrogens is 1. The number of hydrogen-bond acceptors (Lipinski definition) is 6. The van der Waals surface area contributed by atoms with Crippen LogP contribution in [0.4, 0.5) is 5.69 Å². The van der Waals surface area contributed by atoms with Crippen molar-refractivity contribution in [3.63, 3.8) is 0 Å². The van der Waals surface area contributed by atoms with Gasteiger partial charge in [-0.1, -0.05) is 23.9 Å². The lowest BCUT2D eigenvalue weighted by molar-refractivity contribution is -0.384. The molecular formula is C17H16N4O3S. The fourth-order valence-corrected chi connectivity index (χ4v) is 3.14. The van der Waals surface area contributed by atoms with E-state index in [4.69, 9.17) is 4.74 Å². The highest BCUT2D eigenvalue weighted by Crippen LogP contribution is 2.34. The number of aromatic amines is 1. The summed E-state index contributed by atoms with van der Waals surface area (Å²) >= 11 is 1.44. The Bertz CT molecular complexity index is 880. The zero-order chi connectivity index (χ0) is 17.8. The molecule has 0 bridgehead atoms. The molecule has 8 heteroatoms. The normalized spacial score (nSPS) is 11.9. The molecule has 0 amide bonds. The van der Waals surface area contributed by atoms with Crippen LogP contribution in [0.1, 0.15) is 17.7 Å². The molecule has 0 saturated heterocycles. The monoisotopic (exact) mass is 356 g/mol. The lowest BCUT2D eigenvalue weighted by atomic mass is 10.1. The van der Waals surface area contributed by atoms with Gasteiger partial charge in [-0.25, -0.2) is 4.98 Å². The standard InChI is InChI=1S/C17H16N4O3S/c1-11(13-4-3-5-14(10-13)21(22)23)25-17-18-16(19-20-17)12-6-8-15(24-2)9-7-12/h3-11H,1-2H3,(H,18,19,20). The maximum absolute atomic E-state index is 10.9. The first-order valence-corrected chi connectivity index (χ1v) is 8.42. The number of nitrogens with zero attached hydrogens (tertiary/aromatic N) is 3. The van der Waals surface area contributed by atoms with E-state index >= 15 is 0 Å². The van der Waals surface area contributed by atoms with Crippen molar-refractivity contribution in [1.82, 2.24) is 15.2 Å². The summed E-state index contributed by atoms with van der Waals surface area (Å²) in [5.41, 5.74) is 1.84. The second-order valence-corrected chi connectivity index (χ2v) is 6.62. The molecule has 1 N–H and O–H groups in total. The lowest BCUT2D eigenvalue weighted by Gasteiger charge is -2.08. The number of aromatic nitrogens is 3. The van der Waals surface area contributed by atoms with Gasteiger partial charge < -0.3 is 4.74 Å². The third-order valence-corrected chi connectivity index (χ3v) is 4.68. The SMILES string of the molecule is COc1ccc(-c2nc(SC(C)c3cccc([N+](=O)[O-])c3)n[nH]2)cc1. The molecule has 0 radical (unpaired) electrons. The van der Waals surface area contributed by atoms with Crippen LogP contribution in [0.5, 0.6) is 5.75 Å². The predicted octanol–water partition coefficient (Wildman–Crippen LogP) is 4.24. The summed E-state index contributed by atoms with van der Waals surface area (Å²) < 4.78 is 5.14. The Balaban J connectivity index is 1.74. The van der Waals surface area contributed by atoms with Crippen LogP contribution in [0.25, 0.3) is 11.4 Å². The van der Waals surface area contributed by atoms with Gasteiger partial charge >= 0.3 is 0 Å². The van der Waals surface area contributed by atoms with Crippen molar-refractivity contribution in [1.29, 1.82) is 0 Å². The minimum Gasteiger partial charge on any atom is -0.497 e. The number of nitrogens with one attached hydrogen (secondary N) is 1. The summed E-state index contributed by atoms with van der Waals surface area (Å²) in [5, 5.41) is 18.6. The van der Waals surface area contributed by atoms with Gasteiger partial charge in [0.15, 0.2) is 5.82 Å². The topological polar surface area (TPSA) is 93.9 Å². The fraction of sp³-hybridized carbons (Fsp3) is 0.176. The third kappa shape index (κ3) is 3.97. The Morgan fingerprint density at radius 3 is 2.68 bits per heavy atom. The smallest absolute Gasteiger partial charge is 0.269 e.